The van der Waals surface area contributed by atoms with Crippen molar-refractivity contribution in [3.8, 4) is 11.5 Å². The smallest absolute Gasteiger partial charge is 0.325 e. The van der Waals surface area contributed by atoms with E-state index in [1.165, 1.54) is 20.3 Å². The number of rotatable bonds is 6. The molecular weight excluding hydrogens is 398 g/mol. The molecule has 0 spiro atoms. The summed E-state index contributed by atoms with van der Waals surface area (Å²) in [5.74, 6) is -0.0576. The zero-order chi connectivity index (χ0) is 21.2. The van der Waals surface area contributed by atoms with E-state index in [1.807, 2.05) is 0 Å². The highest BCUT2D eigenvalue weighted by molar-refractivity contribution is 6.31. The van der Waals surface area contributed by atoms with E-state index in [1.54, 1.807) is 43.3 Å². The molecule has 1 heterocycles. The Hall–Kier alpha value is -3.26. The third-order valence-corrected chi connectivity index (χ3v) is 4.91. The number of ether oxygens (including phenoxy) is 2. The molecule has 1 unspecified atom stereocenters. The van der Waals surface area contributed by atoms with Crippen molar-refractivity contribution in [2.24, 2.45) is 0 Å². The predicted molar refractivity (Wildman–Crippen MR) is 107 cm³/mol. The van der Waals surface area contributed by atoms with E-state index in [0.29, 0.717) is 27.8 Å². The lowest BCUT2D eigenvalue weighted by Gasteiger charge is -2.22. The van der Waals surface area contributed by atoms with Gasteiger partial charge in [0.2, 0.25) is 5.91 Å². The fraction of sp³-hybridized carbons (Fsp3) is 0.250. The normalized spacial score (nSPS) is 18.4. The molecule has 0 radical (unpaired) electrons. The first-order valence-corrected chi connectivity index (χ1v) is 9.08. The molecule has 1 fully saturated rings. The van der Waals surface area contributed by atoms with Crippen LogP contribution in [0.3, 0.4) is 0 Å². The second kappa shape index (κ2) is 8.00. The van der Waals surface area contributed by atoms with Crippen molar-refractivity contribution in [2.75, 3.05) is 26.1 Å². The summed E-state index contributed by atoms with van der Waals surface area (Å²) in [6.45, 7) is 1.14. The summed E-state index contributed by atoms with van der Waals surface area (Å²) >= 11 is 5.96. The summed E-state index contributed by atoms with van der Waals surface area (Å²) in [5.41, 5.74) is -0.358. The van der Waals surface area contributed by atoms with Gasteiger partial charge in [-0.25, -0.2) is 4.79 Å². The minimum Gasteiger partial charge on any atom is -0.497 e. The van der Waals surface area contributed by atoms with Crippen LogP contribution in [0.1, 0.15) is 12.5 Å². The lowest BCUT2D eigenvalue weighted by Crippen LogP contribution is -2.42. The number of hydrogen-bond acceptors (Lipinski definition) is 5. The van der Waals surface area contributed by atoms with Crippen molar-refractivity contribution in [1.29, 1.82) is 0 Å². The van der Waals surface area contributed by atoms with Gasteiger partial charge in [-0.05, 0) is 42.8 Å². The number of anilines is 1. The second-order valence-corrected chi connectivity index (χ2v) is 7.00. The lowest BCUT2D eigenvalue weighted by molar-refractivity contribution is -0.133. The predicted octanol–water partition coefficient (Wildman–Crippen LogP) is 2.76. The fourth-order valence-corrected chi connectivity index (χ4v) is 3.24. The number of halogens is 1. The van der Waals surface area contributed by atoms with E-state index < -0.39 is 29.9 Å². The first-order valence-electron chi connectivity index (χ1n) is 8.70. The van der Waals surface area contributed by atoms with Crippen molar-refractivity contribution in [1.82, 2.24) is 10.2 Å². The van der Waals surface area contributed by atoms with Gasteiger partial charge < -0.3 is 20.1 Å². The number of nitrogens with zero attached hydrogens (tertiary/aromatic N) is 1. The van der Waals surface area contributed by atoms with E-state index >= 15 is 0 Å². The number of carbonyl (C=O) groups is 3. The van der Waals surface area contributed by atoms with Crippen LogP contribution < -0.4 is 20.1 Å². The van der Waals surface area contributed by atoms with Gasteiger partial charge >= 0.3 is 6.03 Å². The highest BCUT2D eigenvalue weighted by Gasteiger charge is 2.49. The Bertz CT molecular complexity index is 963. The zero-order valence-corrected chi connectivity index (χ0v) is 16.9. The standard InChI is InChI=1S/C20H20ClN3O5/c1-20(12-4-7-14(28-2)8-5-12)18(26)24(19(27)23-20)11-17(25)22-15-10-13(21)6-9-16(15)29-3/h4-10H,11H2,1-3H3,(H,22,25)(H,23,27). The molecule has 0 aliphatic carbocycles. The molecule has 29 heavy (non-hydrogen) atoms. The number of hydrogen-bond donors (Lipinski definition) is 2. The van der Waals surface area contributed by atoms with Crippen LogP contribution >= 0.6 is 11.6 Å². The van der Waals surface area contributed by atoms with Crippen molar-refractivity contribution in [3.05, 3.63) is 53.1 Å². The zero-order valence-electron chi connectivity index (χ0n) is 16.1. The molecule has 0 bridgehead atoms. The lowest BCUT2D eigenvalue weighted by atomic mass is 9.92. The van der Waals surface area contributed by atoms with Crippen LogP contribution in [0.5, 0.6) is 11.5 Å². The van der Waals surface area contributed by atoms with Gasteiger partial charge in [0.1, 0.15) is 23.6 Å². The van der Waals surface area contributed by atoms with Crippen LogP contribution in [0.25, 0.3) is 0 Å². The Morgan fingerprint density at radius 1 is 1.14 bits per heavy atom. The topological polar surface area (TPSA) is 97.0 Å². The van der Waals surface area contributed by atoms with Crippen LogP contribution in [-0.4, -0.2) is 43.5 Å². The Kier molecular flexibility index (Phi) is 5.65. The molecule has 3 rings (SSSR count). The van der Waals surface area contributed by atoms with E-state index in [2.05, 4.69) is 10.6 Å². The molecule has 2 N–H and O–H groups in total. The van der Waals surface area contributed by atoms with Crippen molar-refractivity contribution < 1.29 is 23.9 Å². The van der Waals surface area contributed by atoms with Crippen LogP contribution in [-0.2, 0) is 15.1 Å². The van der Waals surface area contributed by atoms with Gasteiger partial charge in [-0.2, -0.15) is 0 Å². The van der Waals surface area contributed by atoms with Crippen LogP contribution in [0.4, 0.5) is 10.5 Å². The first-order chi connectivity index (χ1) is 13.8. The summed E-state index contributed by atoms with van der Waals surface area (Å²) in [6, 6.07) is 10.9. The van der Waals surface area contributed by atoms with Gasteiger partial charge in [0, 0.05) is 5.02 Å². The van der Waals surface area contributed by atoms with E-state index in [9.17, 15) is 14.4 Å². The molecule has 0 saturated carbocycles. The summed E-state index contributed by atoms with van der Waals surface area (Å²) in [4.78, 5) is 38.7. The van der Waals surface area contributed by atoms with E-state index in [4.69, 9.17) is 21.1 Å². The highest BCUT2D eigenvalue weighted by atomic mass is 35.5. The second-order valence-electron chi connectivity index (χ2n) is 6.57. The Morgan fingerprint density at radius 2 is 1.83 bits per heavy atom. The van der Waals surface area contributed by atoms with Gasteiger partial charge in [0.25, 0.3) is 5.91 Å². The van der Waals surface area contributed by atoms with E-state index in [-0.39, 0.29) is 0 Å². The van der Waals surface area contributed by atoms with Crippen molar-refractivity contribution >= 4 is 35.1 Å². The van der Waals surface area contributed by atoms with Gasteiger partial charge in [0.05, 0.1) is 19.9 Å². The highest BCUT2D eigenvalue weighted by Crippen LogP contribution is 2.31. The third kappa shape index (κ3) is 3.97. The van der Waals surface area contributed by atoms with Crippen molar-refractivity contribution in [3.63, 3.8) is 0 Å². The molecule has 8 nitrogen and oxygen atoms in total. The largest absolute Gasteiger partial charge is 0.497 e. The summed E-state index contributed by atoms with van der Waals surface area (Å²) < 4.78 is 10.3. The fourth-order valence-electron chi connectivity index (χ4n) is 3.07. The maximum atomic E-state index is 12.9. The molecule has 2 aromatic carbocycles. The number of nitrogens with one attached hydrogen (secondary N) is 2. The third-order valence-electron chi connectivity index (χ3n) is 4.68. The molecule has 1 atom stereocenters. The molecule has 1 aliphatic heterocycles. The number of amides is 4. The van der Waals surface area contributed by atoms with Crippen LogP contribution in [0, 0.1) is 0 Å². The minimum atomic E-state index is -1.28. The summed E-state index contributed by atoms with van der Waals surface area (Å²) in [5, 5.41) is 5.68. The van der Waals surface area contributed by atoms with Crippen molar-refractivity contribution in [2.45, 2.75) is 12.5 Å². The Balaban J connectivity index is 1.76. The van der Waals surface area contributed by atoms with Gasteiger partial charge in [-0.1, -0.05) is 23.7 Å². The Labute approximate surface area is 172 Å². The molecular formula is C20H20ClN3O5. The van der Waals surface area contributed by atoms with Crippen LogP contribution in [0.2, 0.25) is 5.02 Å². The minimum absolute atomic E-state index is 0.343. The number of benzene rings is 2. The number of methoxy groups -OCH3 is 2. The van der Waals surface area contributed by atoms with Gasteiger partial charge in [0.15, 0.2) is 0 Å². The molecule has 1 aliphatic rings. The maximum absolute atomic E-state index is 12.9. The average Bonchev–Trinajstić information content (AvgIpc) is 2.92. The molecule has 1 saturated heterocycles. The SMILES string of the molecule is COc1ccc(C2(C)NC(=O)N(CC(=O)Nc3cc(Cl)ccc3OC)C2=O)cc1. The number of imide groups is 1. The van der Waals surface area contributed by atoms with Gasteiger partial charge in [-0.15, -0.1) is 0 Å². The number of urea groups is 1. The summed E-state index contributed by atoms with van der Waals surface area (Å²) in [7, 11) is 2.99. The number of carbonyl (C=O) groups excluding carboxylic acids is 3. The summed E-state index contributed by atoms with van der Waals surface area (Å²) in [6.07, 6.45) is 0. The first kappa shape index (κ1) is 20.5. The average molecular weight is 418 g/mol. The Morgan fingerprint density at radius 3 is 2.45 bits per heavy atom. The molecule has 152 valence electrons. The van der Waals surface area contributed by atoms with E-state index in [0.717, 1.165) is 4.90 Å². The quantitative estimate of drug-likeness (QED) is 0.704. The molecule has 2 aromatic rings. The maximum Gasteiger partial charge on any atom is 0.325 e. The van der Waals surface area contributed by atoms with Crippen LogP contribution in [0.15, 0.2) is 42.5 Å². The molecule has 4 amide bonds. The molecule has 0 aromatic heterocycles. The monoisotopic (exact) mass is 417 g/mol. The van der Waals surface area contributed by atoms with Gasteiger partial charge in [-0.3, -0.25) is 14.5 Å². The molecule has 9 heteroatoms.